The molecule has 7 nitrogen and oxygen atoms in total. The number of carbonyl (C=O) groups excluding carboxylic acids is 1. The van der Waals surface area contributed by atoms with Gasteiger partial charge in [0.25, 0.3) is 5.91 Å². The Hall–Kier alpha value is -2.15. The van der Waals surface area contributed by atoms with Crippen LogP contribution in [0.4, 0.5) is 0 Å². The number of aromatic amines is 1. The minimum absolute atomic E-state index is 0.124. The Kier molecular flexibility index (Phi) is 3.65. The molecule has 1 saturated carbocycles. The smallest absolute Gasteiger partial charge is 0.273 e. The first-order chi connectivity index (χ1) is 11.2. The van der Waals surface area contributed by atoms with E-state index in [-0.39, 0.29) is 11.9 Å². The van der Waals surface area contributed by atoms with Crippen molar-refractivity contribution in [1.82, 2.24) is 25.3 Å². The van der Waals surface area contributed by atoms with E-state index < -0.39 is 0 Å². The molecule has 7 heteroatoms. The van der Waals surface area contributed by atoms with E-state index in [1.54, 1.807) is 12.3 Å². The molecule has 0 radical (unpaired) electrons. The summed E-state index contributed by atoms with van der Waals surface area (Å²) >= 11 is 0. The predicted octanol–water partition coefficient (Wildman–Crippen LogP) is 1.53. The fraction of sp³-hybridized carbons (Fsp3) is 0.562. The lowest BCUT2D eigenvalue weighted by Gasteiger charge is -2.16. The van der Waals surface area contributed by atoms with Crippen LogP contribution in [0.15, 0.2) is 23.0 Å². The maximum absolute atomic E-state index is 12.4. The summed E-state index contributed by atoms with van der Waals surface area (Å²) in [5.41, 5.74) is 0.392. The van der Waals surface area contributed by atoms with Crippen LogP contribution in [0.25, 0.3) is 0 Å². The topological polar surface area (TPSA) is 87.0 Å². The second-order valence-corrected chi connectivity index (χ2v) is 6.68. The van der Waals surface area contributed by atoms with Crippen LogP contribution >= 0.6 is 0 Å². The number of imidazole rings is 1. The van der Waals surface area contributed by atoms with Gasteiger partial charge in [-0.25, -0.2) is 4.98 Å². The van der Waals surface area contributed by atoms with Crippen LogP contribution in [0.2, 0.25) is 0 Å². The van der Waals surface area contributed by atoms with Gasteiger partial charge in [-0.15, -0.1) is 0 Å². The van der Waals surface area contributed by atoms with E-state index in [4.69, 9.17) is 4.52 Å². The molecule has 2 aromatic heterocycles. The Labute approximate surface area is 134 Å². The van der Waals surface area contributed by atoms with Crippen LogP contribution in [-0.4, -0.2) is 45.1 Å². The summed E-state index contributed by atoms with van der Waals surface area (Å²) in [5.74, 6) is 2.52. The minimum Gasteiger partial charge on any atom is -0.360 e. The molecule has 2 N–H and O–H groups in total. The minimum atomic E-state index is -0.141. The van der Waals surface area contributed by atoms with Crippen molar-refractivity contribution in [2.24, 2.45) is 5.92 Å². The number of likely N-dealkylation sites (tertiary alicyclic amines) is 1. The molecule has 2 aliphatic rings. The Morgan fingerprint density at radius 1 is 1.48 bits per heavy atom. The molecule has 0 bridgehead atoms. The van der Waals surface area contributed by atoms with Gasteiger partial charge in [0.15, 0.2) is 5.69 Å². The van der Waals surface area contributed by atoms with Crippen LogP contribution < -0.4 is 5.32 Å². The van der Waals surface area contributed by atoms with Crippen LogP contribution in [0.1, 0.15) is 47.8 Å². The van der Waals surface area contributed by atoms with E-state index >= 15 is 0 Å². The second kappa shape index (κ2) is 5.81. The highest BCUT2D eigenvalue weighted by atomic mass is 16.5. The molecule has 1 aliphatic carbocycles. The number of hydrogen-bond donors (Lipinski definition) is 2. The van der Waals surface area contributed by atoms with E-state index in [0.29, 0.717) is 17.5 Å². The predicted molar refractivity (Wildman–Crippen MR) is 82.8 cm³/mol. The van der Waals surface area contributed by atoms with Gasteiger partial charge in [0.05, 0.1) is 6.54 Å². The summed E-state index contributed by atoms with van der Waals surface area (Å²) < 4.78 is 5.26. The average Bonchev–Trinajstić information content (AvgIpc) is 2.94. The summed E-state index contributed by atoms with van der Waals surface area (Å²) in [5, 5.41) is 7.00. The zero-order valence-corrected chi connectivity index (χ0v) is 13.2. The van der Waals surface area contributed by atoms with Crippen molar-refractivity contribution in [2.45, 2.75) is 38.3 Å². The first kappa shape index (κ1) is 14.4. The van der Waals surface area contributed by atoms with Gasteiger partial charge in [0.1, 0.15) is 11.6 Å². The highest BCUT2D eigenvalue weighted by Crippen LogP contribution is 2.40. The van der Waals surface area contributed by atoms with E-state index in [1.807, 2.05) is 6.20 Å². The monoisotopic (exact) mass is 315 g/mol. The Bertz CT molecular complexity index is 676. The lowest BCUT2D eigenvalue weighted by Crippen LogP contribution is -2.40. The number of nitrogens with one attached hydrogen (secondary N) is 2. The van der Waals surface area contributed by atoms with Gasteiger partial charge in [0.2, 0.25) is 0 Å². The third-order valence-electron chi connectivity index (χ3n) is 4.67. The largest absolute Gasteiger partial charge is 0.360 e. The van der Waals surface area contributed by atoms with Crippen molar-refractivity contribution in [2.75, 3.05) is 13.1 Å². The lowest BCUT2D eigenvalue weighted by molar-refractivity contribution is 0.0922. The standard InChI is InChI=1S/C16H21N5O2/c1-10-7-21(9-15-17-4-5-18-15)8-13(10)19-16(22)12-6-14(23-20-12)11-2-3-11/h4-6,10-11,13H,2-3,7-9H2,1H3,(H,17,18)(H,19,22)/t10-,13+/m0/s1. The summed E-state index contributed by atoms with van der Waals surface area (Å²) in [6.45, 7) is 4.70. The van der Waals surface area contributed by atoms with Crippen LogP contribution in [0, 0.1) is 5.92 Å². The Morgan fingerprint density at radius 3 is 3.09 bits per heavy atom. The van der Waals surface area contributed by atoms with Crippen LogP contribution in [0.3, 0.4) is 0 Å². The first-order valence-corrected chi connectivity index (χ1v) is 8.17. The van der Waals surface area contributed by atoms with Crippen molar-refractivity contribution in [1.29, 1.82) is 0 Å². The first-order valence-electron chi connectivity index (χ1n) is 8.17. The zero-order chi connectivity index (χ0) is 15.8. The third kappa shape index (κ3) is 3.14. The molecular formula is C16H21N5O2. The zero-order valence-electron chi connectivity index (χ0n) is 13.2. The van der Waals surface area contributed by atoms with Crippen molar-refractivity contribution >= 4 is 5.91 Å². The summed E-state index contributed by atoms with van der Waals surface area (Å²) in [7, 11) is 0. The molecule has 2 aromatic rings. The fourth-order valence-corrected chi connectivity index (χ4v) is 3.18. The van der Waals surface area contributed by atoms with Gasteiger partial charge < -0.3 is 14.8 Å². The van der Waals surface area contributed by atoms with Gasteiger partial charge >= 0.3 is 0 Å². The second-order valence-electron chi connectivity index (χ2n) is 6.68. The van der Waals surface area contributed by atoms with Gasteiger partial charge in [-0.2, -0.15) is 0 Å². The van der Waals surface area contributed by atoms with Crippen LogP contribution in [-0.2, 0) is 6.54 Å². The van der Waals surface area contributed by atoms with Gasteiger partial charge in [-0.1, -0.05) is 12.1 Å². The number of rotatable bonds is 5. The average molecular weight is 315 g/mol. The van der Waals surface area contributed by atoms with E-state index in [0.717, 1.165) is 44.1 Å². The Morgan fingerprint density at radius 2 is 2.35 bits per heavy atom. The molecule has 0 unspecified atom stereocenters. The molecular weight excluding hydrogens is 294 g/mol. The maximum Gasteiger partial charge on any atom is 0.273 e. The number of carbonyl (C=O) groups is 1. The lowest BCUT2D eigenvalue weighted by atomic mass is 10.1. The van der Waals surface area contributed by atoms with Crippen molar-refractivity contribution in [3.05, 3.63) is 35.7 Å². The van der Waals surface area contributed by atoms with Gasteiger partial charge in [-0.3, -0.25) is 9.69 Å². The molecule has 0 spiro atoms. The molecule has 3 heterocycles. The van der Waals surface area contributed by atoms with Gasteiger partial charge in [0, 0.05) is 43.5 Å². The maximum atomic E-state index is 12.4. The van der Waals surface area contributed by atoms with Gasteiger partial charge in [-0.05, 0) is 18.8 Å². The Balaban J connectivity index is 1.35. The summed E-state index contributed by atoms with van der Waals surface area (Å²) in [6.07, 6.45) is 5.86. The summed E-state index contributed by atoms with van der Waals surface area (Å²) in [4.78, 5) is 22.0. The number of H-pyrrole nitrogens is 1. The third-order valence-corrected chi connectivity index (χ3v) is 4.67. The summed E-state index contributed by atoms with van der Waals surface area (Å²) in [6, 6.07) is 1.91. The highest BCUT2D eigenvalue weighted by Gasteiger charge is 2.33. The molecule has 1 saturated heterocycles. The molecule has 4 rings (SSSR count). The molecule has 1 amide bonds. The number of amides is 1. The normalized spacial score (nSPS) is 24.9. The van der Waals surface area contributed by atoms with Crippen LogP contribution in [0.5, 0.6) is 0 Å². The quantitative estimate of drug-likeness (QED) is 0.873. The molecule has 1 aliphatic heterocycles. The number of hydrogen-bond acceptors (Lipinski definition) is 5. The molecule has 23 heavy (non-hydrogen) atoms. The van der Waals surface area contributed by atoms with E-state index in [9.17, 15) is 4.79 Å². The van der Waals surface area contributed by atoms with E-state index in [1.165, 1.54) is 0 Å². The number of aromatic nitrogens is 3. The highest BCUT2D eigenvalue weighted by molar-refractivity contribution is 5.92. The SMILES string of the molecule is C[C@H]1CN(Cc2ncc[nH]2)C[C@H]1NC(=O)c1cc(C2CC2)on1. The fourth-order valence-electron chi connectivity index (χ4n) is 3.18. The van der Waals surface area contributed by atoms with E-state index in [2.05, 4.69) is 32.3 Å². The van der Waals surface area contributed by atoms with Crippen molar-refractivity contribution in [3.8, 4) is 0 Å². The molecule has 2 atom stereocenters. The molecule has 2 fully saturated rings. The van der Waals surface area contributed by atoms with Crippen molar-refractivity contribution < 1.29 is 9.32 Å². The molecule has 0 aromatic carbocycles. The van der Waals surface area contributed by atoms with Crippen molar-refractivity contribution in [3.63, 3.8) is 0 Å². The number of nitrogens with zero attached hydrogens (tertiary/aromatic N) is 3. The molecule has 122 valence electrons.